The van der Waals surface area contributed by atoms with E-state index in [2.05, 4.69) is 37.3 Å². The second kappa shape index (κ2) is 9.21. The summed E-state index contributed by atoms with van der Waals surface area (Å²) in [6, 6.07) is 11.5. The van der Waals surface area contributed by atoms with Crippen molar-refractivity contribution in [1.82, 2.24) is 0 Å². The van der Waals surface area contributed by atoms with Crippen LogP contribution >= 0.6 is 0 Å². The minimum Gasteiger partial charge on any atom is -0.0885 e. The molecule has 16 heavy (non-hydrogen) atoms. The maximum Gasteiger partial charge on any atom is -0.0149 e. The van der Waals surface area contributed by atoms with Gasteiger partial charge in [0.05, 0.1) is 0 Å². The van der Waals surface area contributed by atoms with E-state index in [1.54, 1.807) is 0 Å². The molecule has 0 unspecified atom stereocenters. The van der Waals surface area contributed by atoms with Crippen molar-refractivity contribution >= 4 is 0 Å². The number of hydrogen-bond acceptors (Lipinski definition) is 0. The van der Waals surface area contributed by atoms with E-state index in [9.17, 15) is 0 Å². The highest BCUT2D eigenvalue weighted by Crippen LogP contribution is 2.05. The summed E-state index contributed by atoms with van der Waals surface area (Å²) in [6.07, 6.45) is 13.6. The van der Waals surface area contributed by atoms with Crippen molar-refractivity contribution in [3.63, 3.8) is 0 Å². The Morgan fingerprint density at radius 1 is 1.06 bits per heavy atom. The Bertz CT molecular complexity index is 271. The first-order chi connectivity index (χ1) is 7.93. The zero-order valence-electron chi connectivity index (χ0n) is 10.4. The number of rotatable bonds is 8. The lowest BCUT2D eigenvalue weighted by Gasteiger charge is -1.96. The van der Waals surface area contributed by atoms with Crippen molar-refractivity contribution in [3.05, 3.63) is 48.0 Å². The van der Waals surface area contributed by atoms with Gasteiger partial charge >= 0.3 is 0 Å². The molecule has 1 radical (unpaired) electrons. The normalized spacial score (nSPS) is 11.1. The van der Waals surface area contributed by atoms with Gasteiger partial charge in [0.25, 0.3) is 0 Å². The molecule has 0 nitrogen and oxygen atoms in total. The van der Waals surface area contributed by atoms with E-state index in [4.69, 9.17) is 0 Å². The molecule has 0 saturated carbocycles. The number of hydrogen-bond donors (Lipinski definition) is 0. The molecule has 0 spiro atoms. The molecule has 0 aliphatic heterocycles. The Morgan fingerprint density at radius 2 is 1.94 bits per heavy atom. The van der Waals surface area contributed by atoms with Gasteiger partial charge in [-0.25, -0.2) is 0 Å². The largest absolute Gasteiger partial charge is 0.0885 e. The van der Waals surface area contributed by atoms with Crippen molar-refractivity contribution in [2.24, 2.45) is 0 Å². The highest BCUT2D eigenvalue weighted by atomic mass is 13.9. The van der Waals surface area contributed by atoms with Gasteiger partial charge in [-0.15, -0.1) is 0 Å². The predicted octanol–water partition coefficient (Wildman–Crippen LogP) is 4.95. The third kappa shape index (κ3) is 6.44. The second-order valence-electron chi connectivity index (χ2n) is 4.25. The molecule has 0 bridgehead atoms. The van der Waals surface area contributed by atoms with Crippen LogP contribution in [0.15, 0.2) is 36.4 Å². The first-order valence-corrected chi connectivity index (χ1v) is 6.54. The third-order valence-corrected chi connectivity index (χ3v) is 2.74. The van der Waals surface area contributed by atoms with E-state index in [1.165, 1.54) is 37.7 Å². The van der Waals surface area contributed by atoms with Gasteiger partial charge in [0, 0.05) is 0 Å². The van der Waals surface area contributed by atoms with Crippen LogP contribution in [0.25, 0.3) is 0 Å². The minimum atomic E-state index is 1.12. The SMILES string of the molecule is CCCCCCC=CCCc1[c]cccc1. The van der Waals surface area contributed by atoms with Crippen LogP contribution in [0.5, 0.6) is 0 Å². The van der Waals surface area contributed by atoms with Crippen LogP contribution in [-0.2, 0) is 6.42 Å². The number of allylic oxidation sites excluding steroid dienone is 2. The van der Waals surface area contributed by atoms with Crippen molar-refractivity contribution in [2.75, 3.05) is 0 Å². The molecule has 0 saturated heterocycles. The average molecular weight is 215 g/mol. The fourth-order valence-electron chi connectivity index (χ4n) is 1.75. The van der Waals surface area contributed by atoms with Crippen molar-refractivity contribution < 1.29 is 0 Å². The average Bonchev–Trinajstić information content (AvgIpc) is 2.34. The van der Waals surface area contributed by atoms with E-state index < -0.39 is 0 Å². The Morgan fingerprint density at radius 3 is 2.69 bits per heavy atom. The summed E-state index contributed by atoms with van der Waals surface area (Å²) in [7, 11) is 0. The Balaban J connectivity index is 2.00. The standard InChI is InChI=1S/C16H23/c1-2-3-4-5-6-7-8-10-13-16-14-11-9-12-15-16/h7-9,11-12,14H,2-6,10,13H2,1H3. The van der Waals surface area contributed by atoms with Gasteiger partial charge in [0.15, 0.2) is 0 Å². The van der Waals surface area contributed by atoms with Gasteiger partial charge in [0.2, 0.25) is 0 Å². The number of unbranched alkanes of at least 4 members (excludes halogenated alkanes) is 4. The Kier molecular flexibility index (Phi) is 7.49. The molecule has 0 heteroatoms. The zero-order chi connectivity index (χ0) is 11.5. The van der Waals surface area contributed by atoms with Crippen molar-refractivity contribution in [3.8, 4) is 0 Å². The maximum atomic E-state index is 3.25. The van der Waals surface area contributed by atoms with Gasteiger partial charge < -0.3 is 0 Å². The molecule has 87 valence electrons. The van der Waals surface area contributed by atoms with Crippen LogP contribution in [0, 0.1) is 6.07 Å². The lowest BCUT2D eigenvalue weighted by atomic mass is 10.1. The third-order valence-electron chi connectivity index (χ3n) is 2.74. The van der Waals surface area contributed by atoms with Crippen LogP contribution < -0.4 is 0 Å². The fourth-order valence-corrected chi connectivity index (χ4v) is 1.75. The highest BCUT2D eigenvalue weighted by Gasteiger charge is 1.88. The van der Waals surface area contributed by atoms with Gasteiger partial charge in [-0.1, -0.05) is 62.6 Å². The van der Waals surface area contributed by atoms with Crippen LogP contribution in [0.3, 0.4) is 0 Å². The van der Waals surface area contributed by atoms with Gasteiger partial charge in [-0.2, -0.15) is 0 Å². The zero-order valence-corrected chi connectivity index (χ0v) is 10.4. The molecule has 0 aromatic heterocycles. The molecule has 1 aromatic carbocycles. The molecule has 0 heterocycles. The fraction of sp³-hybridized carbons (Fsp3) is 0.500. The molecule has 1 rings (SSSR count). The summed E-state index contributed by atoms with van der Waals surface area (Å²) >= 11 is 0. The van der Waals surface area contributed by atoms with E-state index in [1.807, 2.05) is 12.1 Å². The first kappa shape index (κ1) is 13.0. The molecule has 0 aliphatic rings. The van der Waals surface area contributed by atoms with Crippen LogP contribution in [0.2, 0.25) is 0 Å². The number of aryl methyl sites for hydroxylation is 1. The number of benzene rings is 1. The summed E-state index contributed by atoms with van der Waals surface area (Å²) in [5.74, 6) is 0. The minimum absolute atomic E-state index is 1.12. The summed E-state index contributed by atoms with van der Waals surface area (Å²) < 4.78 is 0. The quantitative estimate of drug-likeness (QED) is 0.425. The monoisotopic (exact) mass is 215 g/mol. The van der Waals surface area contributed by atoms with E-state index in [0.29, 0.717) is 0 Å². The highest BCUT2D eigenvalue weighted by molar-refractivity contribution is 5.13. The lowest BCUT2D eigenvalue weighted by Crippen LogP contribution is -1.81. The van der Waals surface area contributed by atoms with E-state index in [0.717, 1.165) is 12.8 Å². The molecule has 0 aliphatic carbocycles. The first-order valence-electron chi connectivity index (χ1n) is 6.54. The Hall–Kier alpha value is -1.04. The van der Waals surface area contributed by atoms with E-state index in [-0.39, 0.29) is 0 Å². The molecule has 0 fully saturated rings. The molecular weight excluding hydrogens is 192 g/mol. The summed E-state index contributed by atoms with van der Waals surface area (Å²) in [5, 5.41) is 0. The topological polar surface area (TPSA) is 0 Å². The smallest absolute Gasteiger partial charge is 0.0149 e. The van der Waals surface area contributed by atoms with E-state index >= 15 is 0 Å². The van der Waals surface area contributed by atoms with Gasteiger partial charge in [-0.3, -0.25) is 0 Å². The lowest BCUT2D eigenvalue weighted by molar-refractivity contribution is 0.674. The molecule has 1 aromatic rings. The predicted molar refractivity (Wildman–Crippen MR) is 71.5 cm³/mol. The molecule has 0 N–H and O–H groups in total. The summed E-state index contributed by atoms with van der Waals surface area (Å²) in [5.41, 5.74) is 1.32. The summed E-state index contributed by atoms with van der Waals surface area (Å²) in [6.45, 7) is 2.26. The van der Waals surface area contributed by atoms with Crippen LogP contribution in [0.4, 0.5) is 0 Å². The van der Waals surface area contributed by atoms with Gasteiger partial charge in [-0.05, 0) is 37.3 Å². The Labute approximate surface area is 100 Å². The van der Waals surface area contributed by atoms with Gasteiger partial charge in [0.1, 0.15) is 0 Å². The van der Waals surface area contributed by atoms with Crippen LogP contribution in [0.1, 0.15) is 51.0 Å². The van der Waals surface area contributed by atoms with Crippen LogP contribution in [-0.4, -0.2) is 0 Å². The molecule has 0 amide bonds. The second-order valence-corrected chi connectivity index (χ2v) is 4.25. The summed E-state index contributed by atoms with van der Waals surface area (Å²) in [4.78, 5) is 0. The molecular formula is C16H23. The molecule has 0 atom stereocenters. The van der Waals surface area contributed by atoms with Crippen molar-refractivity contribution in [2.45, 2.75) is 51.9 Å². The van der Waals surface area contributed by atoms with Crippen molar-refractivity contribution in [1.29, 1.82) is 0 Å². The maximum absolute atomic E-state index is 3.25.